The van der Waals surface area contributed by atoms with Crippen molar-refractivity contribution in [3.05, 3.63) is 35.4 Å². The second-order valence-corrected chi connectivity index (χ2v) is 7.79. The molecular weight excluding hydrogens is 493 g/mol. The van der Waals surface area contributed by atoms with Crippen LogP contribution < -0.4 is 16.0 Å². The van der Waals surface area contributed by atoms with Gasteiger partial charge in [-0.05, 0) is 32.3 Å². The van der Waals surface area contributed by atoms with Gasteiger partial charge in [0.2, 0.25) is 5.91 Å². The van der Waals surface area contributed by atoms with Crippen molar-refractivity contribution in [1.29, 1.82) is 0 Å². The number of carbonyl (C=O) groups is 1. The summed E-state index contributed by atoms with van der Waals surface area (Å²) in [5.41, 5.74) is 2.56. The predicted molar refractivity (Wildman–Crippen MR) is 131 cm³/mol. The zero-order valence-corrected chi connectivity index (χ0v) is 20.5. The molecule has 3 rings (SSSR count). The summed E-state index contributed by atoms with van der Waals surface area (Å²) in [5.74, 6) is 1.22. The number of benzene rings is 1. The molecule has 0 aromatic heterocycles. The van der Waals surface area contributed by atoms with Crippen LogP contribution in [0, 0.1) is 12.8 Å². The van der Waals surface area contributed by atoms with Gasteiger partial charge in [0.05, 0.1) is 25.8 Å². The zero-order chi connectivity index (χ0) is 20.5. The number of ether oxygens (including phenoxy) is 1. The van der Waals surface area contributed by atoms with E-state index in [9.17, 15) is 4.79 Å². The van der Waals surface area contributed by atoms with Crippen molar-refractivity contribution in [2.24, 2.45) is 10.9 Å². The van der Waals surface area contributed by atoms with Gasteiger partial charge in [-0.25, -0.2) is 0 Å². The Morgan fingerprint density at radius 2 is 1.93 bits per heavy atom. The SMILES string of the molecule is CCNC(=NCC(c1cccc(C)c1)N1CCOCC1)NCCNC(=O)C1CC1.I. The number of nitrogens with zero attached hydrogens (tertiary/aromatic N) is 2. The van der Waals surface area contributed by atoms with E-state index in [1.807, 2.05) is 0 Å². The molecule has 0 bridgehead atoms. The Hall–Kier alpha value is -1.39. The van der Waals surface area contributed by atoms with Gasteiger partial charge < -0.3 is 20.7 Å². The lowest BCUT2D eigenvalue weighted by Crippen LogP contribution is -2.43. The lowest BCUT2D eigenvalue weighted by Gasteiger charge is -2.34. The molecule has 8 heteroatoms. The molecule has 1 aliphatic carbocycles. The Kier molecular flexibility index (Phi) is 10.9. The first-order valence-electron chi connectivity index (χ1n) is 10.9. The van der Waals surface area contributed by atoms with E-state index in [0.717, 1.165) is 51.6 Å². The van der Waals surface area contributed by atoms with Gasteiger partial charge in [-0.1, -0.05) is 29.8 Å². The van der Waals surface area contributed by atoms with Crippen LogP contribution in [0.4, 0.5) is 0 Å². The smallest absolute Gasteiger partial charge is 0.223 e. The third-order valence-corrected chi connectivity index (χ3v) is 5.34. The normalized spacial score (nSPS) is 18.3. The molecule has 1 atom stereocenters. The van der Waals surface area contributed by atoms with E-state index in [2.05, 4.69) is 59.0 Å². The van der Waals surface area contributed by atoms with Gasteiger partial charge in [-0.2, -0.15) is 0 Å². The van der Waals surface area contributed by atoms with E-state index in [-0.39, 0.29) is 41.8 Å². The van der Waals surface area contributed by atoms with Gasteiger partial charge in [-0.3, -0.25) is 14.7 Å². The second kappa shape index (κ2) is 13.1. The summed E-state index contributed by atoms with van der Waals surface area (Å²) < 4.78 is 5.54. The monoisotopic (exact) mass is 529 g/mol. The molecule has 2 fully saturated rings. The third-order valence-electron chi connectivity index (χ3n) is 5.34. The van der Waals surface area contributed by atoms with E-state index in [1.54, 1.807) is 0 Å². The van der Waals surface area contributed by atoms with Crippen LogP contribution in [-0.2, 0) is 9.53 Å². The van der Waals surface area contributed by atoms with Crippen LogP contribution in [0.25, 0.3) is 0 Å². The van der Waals surface area contributed by atoms with E-state index in [1.165, 1.54) is 11.1 Å². The second-order valence-electron chi connectivity index (χ2n) is 7.79. The number of morpholine rings is 1. The number of carbonyl (C=O) groups excluding carboxylic acids is 1. The molecule has 2 aliphatic rings. The number of aliphatic imine (C=N–C) groups is 1. The fraction of sp³-hybridized carbons (Fsp3) is 0.636. The van der Waals surface area contributed by atoms with Crippen LogP contribution in [-0.4, -0.2) is 69.2 Å². The molecule has 1 unspecified atom stereocenters. The summed E-state index contributed by atoms with van der Waals surface area (Å²) in [5, 5.41) is 9.63. The minimum atomic E-state index is 0. The molecule has 3 N–H and O–H groups in total. The number of hydrogen-bond acceptors (Lipinski definition) is 4. The van der Waals surface area contributed by atoms with E-state index in [0.29, 0.717) is 19.6 Å². The molecular formula is C22H36IN5O2. The van der Waals surface area contributed by atoms with Gasteiger partial charge in [-0.15, -0.1) is 24.0 Å². The number of halogens is 1. The van der Waals surface area contributed by atoms with Crippen molar-refractivity contribution in [3.8, 4) is 0 Å². The molecule has 1 heterocycles. The first kappa shape index (κ1) is 24.9. The maximum Gasteiger partial charge on any atom is 0.223 e. The molecule has 1 saturated carbocycles. The first-order chi connectivity index (χ1) is 14.2. The van der Waals surface area contributed by atoms with Crippen LogP contribution in [0.5, 0.6) is 0 Å². The minimum Gasteiger partial charge on any atom is -0.379 e. The molecule has 0 spiro atoms. The highest BCUT2D eigenvalue weighted by atomic mass is 127. The summed E-state index contributed by atoms with van der Waals surface area (Å²) in [6, 6.07) is 8.92. The van der Waals surface area contributed by atoms with Gasteiger partial charge in [0.25, 0.3) is 0 Å². The number of hydrogen-bond donors (Lipinski definition) is 3. The third kappa shape index (κ3) is 8.03. The first-order valence-corrected chi connectivity index (χ1v) is 10.9. The Labute approximate surface area is 197 Å². The Morgan fingerprint density at radius 1 is 1.20 bits per heavy atom. The molecule has 0 radical (unpaired) electrons. The molecule has 7 nitrogen and oxygen atoms in total. The van der Waals surface area contributed by atoms with Gasteiger partial charge in [0, 0.05) is 38.6 Å². The maximum absolute atomic E-state index is 11.7. The highest BCUT2D eigenvalue weighted by Gasteiger charge is 2.29. The van der Waals surface area contributed by atoms with Crippen molar-refractivity contribution >= 4 is 35.8 Å². The maximum atomic E-state index is 11.7. The topological polar surface area (TPSA) is 78.0 Å². The van der Waals surface area contributed by atoms with Crippen molar-refractivity contribution in [1.82, 2.24) is 20.9 Å². The zero-order valence-electron chi connectivity index (χ0n) is 18.2. The number of amides is 1. The summed E-state index contributed by atoms with van der Waals surface area (Å²) in [6.07, 6.45) is 2.07. The fourth-order valence-electron chi connectivity index (χ4n) is 3.57. The van der Waals surface area contributed by atoms with Crippen molar-refractivity contribution < 1.29 is 9.53 Å². The van der Waals surface area contributed by atoms with Gasteiger partial charge in [0.1, 0.15) is 0 Å². The van der Waals surface area contributed by atoms with E-state index < -0.39 is 0 Å². The number of aryl methyl sites for hydroxylation is 1. The highest BCUT2D eigenvalue weighted by molar-refractivity contribution is 14.0. The predicted octanol–water partition coefficient (Wildman–Crippen LogP) is 2.07. The fourth-order valence-corrected chi connectivity index (χ4v) is 3.57. The van der Waals surface area contributed by atoms with Crippen LogP contribution >= 0.6 is 24.0 Å². The molecule has 1 amide bonds. The largest absolute Gasteiger partial charge is 0.379 e. The van der Waals surface area contributed by atoms with Gasteiger partial charge >= 0.3 is 0 Å². The summed E-state index contributed by atoms with van der Waals surface area (Å²) in [7, 11) is 0. The Morgan fingerprint density at radius 3 is 2.60 bits per heavy atom. The average Bonchev–Trinajstić information content (AvgIpc) is 3.57. The van der Waals surface area contributed by atoms with E-state index in [4.69, 9.17) is 9.73 Å². The summed E-state index contributed by atoms with van der Waals surface area (Å²) in [6.45, 7) is 10.3. The van der Waals surface area contributed by atoms with Crippen LogP contribution in [0.2, 0.25) is 0 Å². The lowest BCUT2D eigenvalue weighted by molar-refractivity contribution is -0.122. The molecule has 30 heavy (non-hydrogen) atoms. The molecule has 1 aromatic rings. The standard InChI is InChI=1S/C22H35N5O2.HI/c1-3-23-22(25-10-9-24-21(28)18-7-8-18)26-16-20(27-11-13-29-14-12-27)19-6-4-5-17(2)15-19;/h4-6,15,18,20H,3,7-14,16H2,1-2H3,(H,24,28)(H2,23,25,26);1H. The van der Waals surface area contributed by atoms with Crippen molar-refractivity contribution in [2.45, 2.75) is 32.7 Å². The van der Waals surface area contributed by atoms with Crippen LogP contribution in [0.15, 0.2) is 29.3 Å². The minimum absolute atomic E-state index is 0. The molecule has 1 saturated heterocycles. The Balaban J connectivity index is 0.00000320. The summed E-state index contributed by atoms with van der Waals surface area (Å²) in [4.78, 5) is 19.1. The number of rotatable bonds is 9. The Bertz CT molecular complexity index is 690. The highest BCUT2D eigenvalue weighted by Crippen LogP contribution is 2.28. The van der Waals surface area contributed by atoms with Crippen molar-refractivity contribution in [2.75, 3.05) is 52.5 Å². The van der Waals surface area contributed by atoms with E-state index >= 15 is 0 Å². The molecule has 1 aromatic carbocycles. The van der Waals surface area contributed by atoms with Crippen LogP contribution in [0.1, 0.15) is 36.9 Å². The summed E-state index contributed by atoms with van der Waals surface area (Å²) >= 11 is 0. The molecule has 168 valence electrons. The lowest BCUT2D eigenvalue weighted by atomic mass is 10.0. The van der Waals surface area contributed by atoms with Crippen molar-refractivity contribution in [3.63, 3.8) is 0 Å². The number of guanidine groups is 1. The quantitative estimate of drug-likeness (QED) is 0.198. The van der Waals surface area contributed by atoms with Gasteiger partial charge in [0.15, 0.2) is 5.96 Å². The molecule has 1 aliphatic heterocycles. The average molecular weight is 529 g/mol. The number of nitrogens with one attached hydrogen (secondary N) is 3. The van der Waals surface area contributed by atoms with Crippen LogP contribution in [0.3, 0.4) is 0 Å².